The van der Waals surface area contributed by atoms with Gasteiger partial charge in [0.15, 0.2) is 11.6 Å². The topological polar surface area (TPSA) is 61.8 Å². The molecule has 2 amide bonds. The first-order valence-electron chi connectivity index (χ1n) is 6.08. The Morgan fingerprint density at radius 1 is 1.53 bits per heavy atom. The average molecular weight is 270 g/mol. The van der Waals surface area contributed by atoms with E-state index in [2.05, 4.69) is 5.32 Å². The molecule has 0 unspecified atom stereocenters. The molecule has 0 radical (unpaired) electrons. The van der Waals surface area contributed by atoms with Crippen LogP contribution >= 0.6 is 0 Å². The van der Waals surface area contributed by atoms with Gasteiger partial charge in [-0.3, -0.25) is 0 Å². The van der Waals surface area contributed by atoms with E-state index in [0.29, 0.717) is 12.1 Å². The van der Waals surface area contributed by atoms with Crippen LogP contribution in [0.15, 0.2) is 18.2 Å². The smallest absolute Gasteiger partial charge is 0.317 e. The lowest BCUT2D eigenvalue weighted by Crippen LogP contribution is -2.41. The lowest BCUT2D eigenvalue weighted by atomic mass is 10.2. The maximum Gasteiger partial charge on any atom is 0.317 e. The van der Waals surface area contributed by atoms with Crippen molar-refractivity contribution < 1.29 is 19.0 Å². The molecule has 0 saturated heterocycles. The number of urea groups is 1. The van der Waals surface area contributed by atoms with Crippen LogP contribution in [0, 0.1) is 5.82 Å². The molecule has 0 aliphatic rings. The molecular weight excluding hydrogens is 251 g/mol. The molecule has 0 aliphatic carbocycles. The first-order chi connectivity index (χ1) is 9.12. The summed E-state index contributed by atoms with van der Waals surface area (Å²) in [6.45, 7) is 2.74. The van der Waals surface area contributed by atoms with Gasteiger partial charge in [0.2, 0.25) is 0 Å². The third-order valence-electron chi connectivity index (χ3n) is 2.70. The molecular formula is C13H19FN2O3. The molecule has 106 valence electrons. The molecule has 1 aromatic rings. The Balaban J connectivity index is 2.56. The number of nitrogens with zero attached hydrogens (tertiary/aromatic N) is 1. The number of ether oxygens (including phenoxy) is 1. The van der Waals surface area contributed by atoms with E-state index in [9.17, 15) is 9.18 Å². The van der Waals surface area contributed by atoms with Crippen molar-refractivity contribution in [3.63, 3.8) is 0 Å². The van der Waals surface area contributed by atoms with Crippen LogP contribution < -0.4 is 10.1 Å². The molecule has 0 saturated carbocycles. The monoisotopic (exact) mass is 270 g/mol. The number of amides is 2. The number of hydrogen-bond acceptors (Lipinski definition) is 3. The van der Waals surface area contributed by atoms with Crippen LogP contribution in [0.25, 0.3) is 0 Å². The van der Waals surface area contributed by atoms with Crippen molar-refractivity contribution in [2.24, 2.45) is 0 Å². The number of rotatable bonds is 6. The highest BCUT2D eigenvalue weighted by Crippen LogP contribution is 2.17. The Morgan fingerprint density at radius 2 is 2.26 bits per heavy atom. The SMILES string of the molecule is CCN(CCO)C(=O)NCc1ccc(OC)c(F)c1. The third-order valence-corrected chi connectivity index (χ3v) is 2.70. The molecule has 0 heterocycles. The van der Waals surface area contributed by atoms with Crippen molar-refractivity contribution in [2.45, 2.75) is 13.5 Å². The largest absolute Gasteiger partial charge is 0.494 e. The van der Waals surface area contributed by atoms with Crippen LogP contribution in [0.4, 0.5) is 9.18 Å². The number of aliphatic hydroxyl groups excluding tert-OH is 1. The van der Waals surface area contributed by atoms with Gasteiger partial charge in [0.25, 0.3) is 0 Å². The Hall–Kier alpha value is -1.82. The predicted octanol–water partition coefficient (Wildman–Crippen LogP) is 1.36. The van der Waals surface area contributed by atoms with Gasteiger partial charge < -0.3 is 20.1 Å². The number of methoxy groups -OCH3 is 1. The van der Waals surface area contributed by atoms with Crippen LogP contribution in [0.1, 0.15) is 12.5 Å². The predicted molar refractivity (Wildman–Crippen MR) is 69.5 cm³/mol. The molecule has 5 nitrogen and oxygen atoms in total. The summed E-state index contributed by atoms with van der Waals surface area (Å²) in [6, 6.07) is 4.24. The van der Waals surface area contributed by atoms with Gasteiger partial charge in [-0.25, -0.2) is 9.18 Å². The fourth-order valence-corrected chi connectivity index (χ4v) is 1.63. The zero-order valence-corrected chi connectivity index (χ0v) is 11.1. The fourth-order valence-electron chi connectivity index (χ4n) is 1.63. The summed E-state index contributed by atoms with van der Waals surface area (Å²) in [5.74, 6) is -0.289. The highest BCUT2D eigenvalue weighted by atomic mass is 19.1. The first-order valence-corrected chi connectivity index (χ1v) is 6.08. The second kappa shape index (κ2) is 7.58. The first kappa shape index (κ1) is 15.2. The van der Waals surface area contributed by atoms with Crippen LogP contribution in [0.3, 0.4) is 0 Å². The van der Waals surface area contributed by atoms with E-state index < -0.39 is 5.82 Å². The van der Waals surface area contributed by atoms with Crippen LogP contribution in [0.5, 0.6) is 5.75 Å². The molecule has 0 atom stereocenters. The average Bonchev–Trinajstić information content (AvgIpc) is 2.42. The van der Waals surface area contributed by atoms with Crippen molar-refractivity contribution in [3.05, 3.63) is 29.6 Å². The summed E-state index contributed by atoms with van der Waals surface area (Å²) in [7, 11) is 1.40. The number of carbonyl (C=O) groups excluding carboxylic acids is 1. The Labute approximate surface area is 112 Å². The van der Waals surface area contributed by atoms with Gasteiger partial charge in [-0.15, -0.1) is 0 Å². The van der Waals surface area contributed by atoms with Gasteiger partial charge in [0.05, 0.1) is 13.7 Å². The number of hydrogen-bond donors (Lipinski definition) is 2. The summed E-state index contributed by atoms with van der Waals surface area (Å²) in [5, 5.41) is 11.5. The highest BCUT2D eigenvalue weighted by molar-refractivity contribution is 5.74. The Morgan fingerprint density at radius 3 is 2.79 bits per heavy atom. The van der Waals surface area contributed by atoms with E-state index in [1.807, 2.05) is 6.92 Å². The van der Waals surface area contributed by atoms with Gasteiger partial charge in [-0.1, -0.05) is 6.07 Å². The summed E-state index contributed by atoms with van der Waals surface area (Å²) in [4.78, 5) is 13.2. The Bertz CT molecular complexity index is 426. The molecule has 1 aromatic carbocycles. The standard InChI is InChI=1S/C13H19FN2O3/c1-3-16(6-7-17)13(18)15-9-10-4-5-12(19-2)11(14)8-10/h4-5,8,17H,3,6-7,9H2,1-2H3,(H,15,18). The minimum absolute atomic E-state index is 0.0849. The van der Waals surface area contributed by atoms with Gasteiger partial charge in [0.1, 0.15) is 0 Å². The maximum absolute atomic E-state index is 13.4. The van der Waals surface area contributed by atoms with E-state index in [-0.39, 0.29) is 31.5 Å². The number of carbonyl (C=O) groups is 1. The molecule has 0 fully saturated rings. The van der Waals surface area contributed by atoms with Crippen LogP contribution in [0.2, 0.25) is 0 Å². The molecule has 1 rings (SSSR count). The van der Waals surface area contributed by atoms with Gasteiger partial charge >= 0.3 is 6.03 Å². The minimum atomic E-state index is -0.461. The van der Waals surface area contributed by atoms with Crippen molar-refractivity contribution in [1.82, 2.24) is 10.2 Å². The molecule has 19 heavy (non-hydrogen) atoms. The van der Waals surface area contributed by atoms with Crippen LogP contribution in [-0.2, 0) is 6.54 Å². The normalized spacial score (nSPS) is 10.1. The van der Waals surface area contributed by atoms with E-state index in [1.165, 1.54) is 24.1 Å². The second-order valence-electron chi connectivity index (χ2n) is 3.93. The molecule has 0 aromatic heterocycles. The van der Waals surface area contributed by atoms with E-state index in [4.69, 9.17) is 9.84 Å². The number of nitrogens with one attached hydrogen (secondary N) is 1. The molecule has 6 heteroatoms. The van der Waals surface area contributed by atoms with E-state index in [0.717, 1.165) is 0 Å². The minimum Gasteiger partial charge on any atom is -0.494 e. The summed E-state index contributed by atoms with van der Waals surface area (Å²) >= 11 is 0. The van der Waals surface area contributed by atoms with Crippen molar-refractivity contribution in [2.75, 3.05) is 26.8 Å². The van der Waals surface area contributed by atoms with Crippen LogP contribution in [-0.4, -0.2) is 42.8 Å². The molecule has 0 aliphatic heterocycles. The summed E-state index contributed by atoms with van der Waals surface area (Å²) in [6.07, 6.45) is 0. The van der Waals surface area contributed by atoms with Gasteiger partial charge in [-0.2, -0.15) is 0 Å². The fraction of sp³-hybridized carbons (Fsp3) is 0.462. The van der Waals surface area contributed by atoms with Crippen molar-refractivity contribution in [1.29, 1.82) is 0 Å². The zero-order chi connectivity index (χ0) is 14.3. The lowest BCUT2D eigenvalue weighted by molar-refractivity contribution is 0.180. The zero-order valence-electron chi connectivity index (χ0n) is 11.1. The highest BCUT2D eigenvalue weighted by Gasteiger charge is 2.10. The molecule has 2 N–H and O–H groups in total. The quantitative estimate of drug-likeness (QED) is 0.820. The van der Waals surface area contributed by atoms with E-state index >= 15 is 0 Å². The van der Waals surface area contributed by atoms with Gasteiger partial charge in [0, 0.05) is 19.6 Å². The number of likely N-dealkylation sites (N-methyl/N-ethyl adjacent to an activating group) is 1. The summed E-state index contributed by atoms with van der Waals surface area (Å²) < 4.78 is 18.3. The Kier molecular flexibility index (Phi) is 6.08. The number of benzene rings is 1. The second-order valence-corrected chi connectivity index (χ2v) is 3.93. The van der Waals surface area contributed by atoms with Gasteiger partial charge in [-0.05, 0) is 24.6 Å². The van der Waals surface area contributed by atoms with Crippen molar-refractivity contribution >= 4 is 6.03 Å². The van der Waals surface area contributed by atoms with E-state index in [1.54, 1.807) is 6.07 Å². The maximum atomic E-state index is 13.4. The molecule has 0 spiro atoms. The third kappa shape index (κ3) is 4.40. The molecule has 0 bridgehead atoms. The lowest BCUT2D eigenvalue weighted by Gasteiger charge is -2.20. The summed E-state index contributed by atoms with van der Waals surface area (Å²) in [5.41, 5.74) is 0.645. The number of aliphatic hydroxyl groups is 1. The van der Waals surface area contributed by atoms with Crippen molar-refractivity contribution in [3.8, 4) is 5.75 Å². The number of halogens is 1.